The first-order valence-corrected chi connectivity index (χ1v) is 10.7. The highest BCUT2D eigenvalue weighted by molar-refractivity contribution is 7.98. The highest BCUT2D eigenvalue weighted by atomic mass is 32.2. The van der Waals surface area contributed by atoms with Crippen LogP contribution in [0.15, 0.2) is 23.4 Å². The van der Waals surface area contributed by atoms with Gasteiger partial charge in [0.15, 0.2) is 0 Å². The predicted octanol–water partition coefficient (Wildman–Crippen LogP) is 3.71. The van der Waals surface area contributed by atoms with Gasteiger partial charge in [-0.25, -0.2) is 4.68 Å². The summed E-state index contributed by atoms with van der Waals surface area (Å²) in [6, 6.07) is 3.73. The molecule has 6 rings (SSSR count). The minimum absolute atomic E-state index is 0.0186. The summed E-state index contributed by atoms with van der Waals surface area (Å²) in [5.41, 5.74) is -0.0724. The SMILES string of the molecule is O=[N+]([O-])c1cc(CSc2nnnn2C23CC4CC(CC(C4)C2)C3)cc([N+](=O)[O-])c1. The van der Waals surface area contributed by atoms with Crippen LogP contribution in [0, 0.1) is 38.0 Å². The molecule has 2 aromatic rings. The number of tetrazole rings is 1. The highest BCUT2D eigenvalue weighted by Gasteiger charge is 2.53. The molecule has 4 saturated carbocycles. The molecule has 152 valence electrons. The van der Waals surface area contributed by atoms with E-state index < -0.39 is 9.85 Å². The van der Waals surface area contributed by atoms with Crippen molar-refractivity contribution in [3.05, 3.63) is 44.0 Å². The number of rotatable bonds is 6. The minimum atomic E-state index is -0.610. The second-order valence-electron chi connectivity index (χ2n) is 8.68. The van der Waals surface area contributed by atoms with Gasteiger partial charge in [0, 0.05) is 17.9 Å². The molecular weight excluding hydrogens is 396 g/mol. The number of non-ortho nitro benzene ring substituents is 2. The second-order valence-corrected chi connectivity index (χ2v) is 9.62. The smallest absolute Gasteiger partial charge is 0.258 e. The summed E-state index contributed by atoms with van der Waals surface area (Å²) < 4.78 is 1.98. The van der Waals surface area contributed by atoms with Crippen LogP contribution in [0.1, 0.15) is 44.1 Å². The summed E-state index contributed by atoms with van der Waals surface area (Å²) in [5.74, 6) is 2.59. The zero-order chi connectivity index (χ0) is 20.2. The van der Waals surface area contributed by atoms with Gasteiger partial charge in [-0.2, -0.15) is 0 Å². The van der Waals surface area contributed by atoms with Crippen LogP contribution in [0.2, 0.25) is 0 Å². The van der Waals surface area contributed by atoms with Crippen LogP contribution in [-0.4, -0.2) is 30.1 Å². The van der Waals surface area contributed by atoms with Gasteiger partial charge in [-0.3, -0.25) is 20.2 Å². The lowest BCUT2D eigenvalue weighted by atomic mass is 9.53. The molecular formula is C18H20N6O4S. The lowest BCUT2D eigenvalue weighted by Gasteiger charge is -2.56. The Morgan fingerprint density at radius 1 is 1.00 bits per heavy atom. The van der Waals surface area contributed by atoms with E-state index in [1.165, 1.54) is 43.2 Å². The maximum absolute atomic E-state index is 11.1. The number of benzene rings is 1. The molecule has 4 fully saturated rings. The van der Waals surface area contributed by atoms with Crippen molar-refractivity contribution in [2.45, 2.75) is 55.0 Å². The monoisotopic (exact) mass is 416 g/mol. The molecule has 0 saturated heterocycles. The van der Waals surface area contributed by atoms with Crippen LogP contribution in [0.3, 0.4) is 0 Å². The summed E-state index contributed by atoms with van der Waals surface area (Å²) >= 11 is 1.38. The third-order valence-electron chi connectivity index (χ3n) is 6.65. The van der Waals surface area contributed by atoms with Crippen molar-refractivity contribution >= 4 is 23.1 Å². The molecule has 29 heavy (non-hydrogen) atoms. The summed E-state index contributed by atoms with van der Waals surface area (Å²) in [7, 11) is 0. The molecule has 0 amide bonds. The fourth-order valence-corrected chi connectivity index (χ4v) is 6.90. The van der Waals surface area contributed by atoms with Gasteiger partial charge in [-0.15, -0.1) is 5.10 Å². The summed E-state index contributed by atoms with van der Waals surface area (Å²) in [6.07, 6.45) is 7.29. The third kappa shape index (κ3) is 3.26. The maximum atomic E-state index is 11.1. The lowest BCUT2D eigenvalue weighted by Crippen LogP contribution is -2.52. The molecule has 1 heterocycles. The van der Waals surface area contributed by atoms with E-state index in [9.17, 15) is 20.2 Å². The third-order valence-corrected chi connectivity index (χ3v) is 7.64. The number of aromatic nitrogens is 4. The Labute approximate surface area is 170 Å². The van der Waals surface area contributed by atoms with E-state index in [1.54, 1.807) is 0 Å². The van der Waals surface area contributed by atoms with Crippen molar-refractivity contribution in [1.29, 1.82) is 0 Å². The fourth-order valence-electron chi connectivity index (χ4n) is 5.99. The number of thioether (sulfide) groups is 1. The highest BCUT2D eigenvalue weighted by Crippen LogP contribution is 2.59. The first-order chi connectivity index (χ1) is 13.9. The number of hydrogen-bond acceptors (Lipinski definition) is 8. The molecule has 1 aromatic heterocycles. The number of hydrogen-bond donors (Lipinski definition) is 0. The van der Waals surface area contributed by atoms with Gasteiger partial charge in [-0.1, -0.05) is 11.8 Å². The van der Waals surface area contributed by atoms with Gasteiger partial charge in [0.1, 0.15) is 0 Å². The molecule has 1 aromatic carbocycles. The average molecular weight is 416 g/mol. The fraction of sp³-hybridized carbons (Fsp3) is 0.611. The second kappa shape index (κ2) is 6.75. The van der Waals surface area contributed by atoms with E-state index in [1.807, 2.05) is 4.68 Å². The van der Waals surface area contributed by atoms with Gasteiger partial charge in [0.2, 0.25) is 5.16 Å². The normalized spacial score (nSPS) is 29.9. The topological polar surface area (TPSA) is 130 Å². The van der Waals surface area contributed by atoms with Crippen LogP contribution < -0.4 is 0 Å². The van der Waals surface area contributed by atoms with E-state index in [4.69, 9.17) is 0 Å². The Morgan fingerprint density at radius 2 is 1.55 bits per heavy atom. The number of nitro benzene ring substituents is 2. The lowest BCUT2D eigenvalue weighted by molar-refractivity contribution is -0.394. The van der Waals surface area contributed by atoms with Gasteiger partial charge in [-0.05, 0) is 72.3 Å². The molecule has 4 aliphatic carbocycles. The van der Waals surface area contributed by atoms with Gasteiger partial charge in [0.25, 0.3) is 11.4 Å². The Bertz CT molecular complexity index is 925. The Balaban J connectivity index is 1.39. The van der Waals surface area contributed by atoms with Gasteiger partial charge < -0.3 is 0 Å². The van der Waals surface area contributed by atoms with Crippen molar-refractivity contribution in [3.8, 4) is 0 Å². The van der Waals surface area contributed by atoms with E-state index in [0.29, 0.717) is 16.5 Å². The summed E-state index contributed by atoms with van der Waals surface area (Å²) in [5, 5.41) is 35.3. The van der Waals surface area contributed by atoms with E-state index >= 15 is 0 Å². The molecule has 0 radical (unpaired) electrons. The van der Waals surface area contributed by atoms with Crippen LogP contribution in [0.25, 0.3) is 0 Å². The average Bonchev–Trinajstić information content (AvgIpc) is 3.14. The molecule has 0 atom stereocenters. The quantitative estimate of drug-likeness (QED) is 0.396. The van der Waals surface area contributed by atoms with Crippen molar-refractivity contribution in [1.82, 2.24) is 20.2 Å². The van der Waals surface area contributed by atoms with Gasteiger partial charge >= 0.3 is 0 Å². The van der Waals surface area contributed by atoms with Crippen LogP contribution in [-0.2, 0) is 11.3 Å². The largest absolute Gasteiger partial charge is 0.276 e. The molecule has 0 spiro atoms. The van der Waals surface area contributed by atoms with Crippen molar-refractivity contribution < 1.29 is 9.85 Å². The molecule has 10 nitrogen and oxygen atoms in total. The number of nitrogens with zero attached hydrogens (tertiary/aromatic N) is 6. The molecule has 0 unspecified atom stereocenters. The van der Waals surface area contributed by atoms with Crippen LogP contribution in [0.5, 0.6) is 0 Å². The zero-order valence-corrected chi connectivity index (χ0v) is 16.5. The minimum Gasteiger partial charge on any atom is -0.258 e. The maximum Gasteiger partial charge on any atom is 0.276 e. The summed E-state index contributed by atoms with van der Waals surface area (Å²) in [6.45, 7) is 0. The standard InChI is InChI=1S/C18H20N6O4S/c25-23(26)15-4-14(5-16(6-15)24(27)28)10-29-17-19-20-21-22(17)18-7-11-1-12(8-18)3-13(2-11)9-18/h4-6,11-13H,1-3,7-10H2. The van der Waals surface area contributed by atoms with Crippen molar-refractivity contribution in [2.24, 2.45) is 17.8 Å². The number of nitro groups is 2. The first kappa shape index (κ1) is 18.5. The predicted molar refractivity (Wildman–Crippen MR) is 103 cm³/mol. The zero-order valence-electron chi connectivity index (χ0n) is 15.6. The molecule has 0 N–H and O–H groups in total. The van der Waals surface area contributed by atoms with Gasteiger partial charge in [0.05, 0.1) is 21.5 Å². The van der Waals surface area contributed by atoms with E-state index in [0.717, 1.165) is 43.1 Å². The Hall–Kier alpha value is -2.56. The Kier molecular flexibility index (Phi) is 4.30. The molecule has 11 heteroatoms. The molecule has 0 aliphatic heterocycles. The van der Waals surface area contributed by atoms with Crippen molar-refractivity contribution in [3.63, 3.8) is 0 Å². The van der Waals surface area contributed by atoms with Crippen LogP contribution in [0.4, 0.5) is 11.4 Å². The molecule has 4 aliphatic rings. The Morgan fingerprint density at radius 3 is 2.07 bits per heavy atom. The first-order valence-electron chi connectivity index (χ1n) is 9.76. The van der Waals surface area contributed by atoms with E-state index in [2.05, 4.69) is 15.5 Å². The van der Waals surface area contributed by atoms with Crippen LogP contribution >= 0.6 is 11.8 Å². The van der Waals surface area contributed by atoms with E-state index in [-0.39, 0.29) is 16.9 Å². The molecule has 4 bridgehead atoms. The van der Waals surface area contributed by atoms with Crippen molar-refractivity contribution in [2.75, 3.05) is 0 Å². The summed E-state index contributed by atoms with van der Waals surface area (Å²) in [4.78, 5) is 21.0.